The van der Waals surface area contributed by atoms with Gasteiger partial charge in [-0.25, -0.2) is 8.42 Å². The van der Waals surface area contributed by atoms with Crippen molar-refractivity contribution in [1.82, 2.24) is 9.21 Å². The minimum Gasteiger partial charge on any atom is -0.323 e. The molecule has 6 nitrogen and oxygen atoms in total. The molecule has 0 unspecified atom stereocenters. The SMILES string of the molecule is CN1CCN(S(=O)(=O)c2ccc3c(c2)C(Br)(Br)C(=O)N3)CC1. The second-order valence-electron chi connectivity index (χ2n) is 5.44. The van der Waals surface area contributed by atoms with E-state index in [1.54, 1.807) is 12.1 Å². The zero-order valence-electron chi connectivity index (χ0n) is 11.8. The van der Waals surface area contributed by atoms with Gasteiger partial charge in [0.1, 0.15) is 0 Å². The number of carbonyl (C=O) groups excluding carboxylic acids is 1. The molecule has 1 aromatic rings. The van der Waals surface area contributed by atoms with Crippen molar-refractivity contribution in [2.45, 2.75) is 8.13 Å². The largest absolute Gasteiger partial charge is 0.323 e. The second kappa shape index (κ2) is 5.55. The van der Waals surface area contributed by atoms with E-state index in [1.807, 2.05) is 7.05 Å². The third-order valence-corrected chi connectivity index (χ3v) is 7.43. The molecular formula is C13H15Br2N3O3S. The number of anilines is 1. The third-order valence-electron chi connectivity index (χ3n) is 3.96. The first-order valence-corrected chi connectivity index (χ1v) is 9.78. The van der Waals surface area contributed by atoms with Crippen LogP contribution in [0.1, 0.15) is 5.56 Å². The number of amides is 1. The van der Waals surface area contributed by atoms with Crippen molar-refractivity contribution >= 4 is 53.5 Å². The van der Waals surface area contributed by atoms with Crippen LogP contribution in [0, 0.1) is 0 Å². The number of halogens is 2. The summed E-state index contributed by atoms with van der Waals surface area (Å²) in [5, 5.41) is 2.70. The van der Waals surface area contributed by atoms with Crippen molar-refractivity contribution in [3.63, 3.8) is 0 Å². The maximum absolute atomic E-state index is 12.8. The van der Waals surface area contributed by atoms with E-state index in [4.69, 9.17) is 0 Å². The summed E-state index contributed by atoms with van der Waals surface area (Å²) >= 11 is 6.60. The van der Waals surface area contributed by atoms with E-state index in [0.29, 0.717) is 37.4 Å². The summed E-state index contributed by atoms with van der Waals surface area (Å²) in [6.07, 6.45) is 0. The number of hydrogen-bond acceptors (Lipinski definition) is 4. The molecule has 2 heterocycles. The zero-order valence-corrected chi connectivity index (χ0v) is 15.8. The molecule has 120 valence electrons. The van der Waals surface area contributed by atoms with Crippen molar-refractivity contribution in [2.24, 2.45) is 0 Å². The van der Waals surface area contributed by atoms with E-state index < -0.39 is 13.3 Å². The number of piperazine rings is 1. The Kier molecular flexibility index (Phi) is 4.14. The number of alkyl halides is 2. The Labute approximate surface area is 146 Å². The molecular weight excluding hydrogens is 438 g/mol. The number of nitrogens with one attached hydrogen (secondary N) is 1. The minimum absolute atomic E-state index is 0.204. The Morgan fingerprint density at radius 3 is 2.45 bits per heavy atom. The quantitative estimate of drug-likeness (QED) is 0.690. The van der Waals surface area contributed by atoms with Crippen LogP contribution in [0.3, 0.4) is 0 Å². The van der Waals surface area contributed by atoms with Crippen LogP contribution in [0.15, 0.2) is 23.1 Å². The van der Waals surface area contributed by atoms with Crippen LogP contribution >= 0.6 is 31.9 Å². The molecule has 2 aliphatic rings. The Bertz CT molecular complexity index is 728. The first kappa shape index (κ1) is 16.4. The van der Waals surface area contributed by atoms with Crippen LogP contribution in [0.2, 0.25) is 0 Å². The van der Waals surface area contributed by atoms with E-state index in [0.717, 1.165) is 0 Å². The maximum atomic E-state index is 12.8. The van der Waals surface area contributed by atoms with Gasteiger partial charge in [0.15, 0.2) is 3.23 Å². The van der Waals surface area contributed by atoms with Gasteiger partial charge in [-0.05, 0) is 25.2 Å². The van der Waals surface area contributed by atoms with Crippen molar-refractivity contribution in [1.29, 1.82) is 0 Å². The molecule has 9 heteroatoms. The summed E-state index contributed by atoms with van der Waals surface area (Å²) in [5.41, 5.74) is 1.18. The average Bonchev–Trinajstić information content (AvgIpc) is 2.69. The fourth-order valence-electron chi connectivity index (χ4n) is 2.55. The molecule has 0 aliphatic carbocycles. The number of likely N-dealkylation sites (N-methyl/N-ethyl adjacent to an activating group) is 1. The molecule has 1 fully saturated rings. The van der Waals surface area contributed by atoms with E-state index in [2.05, 4.69) is 42.1 Å². The highest BCUT2D eigenvalue weighted by Gasteiger charge is 2.43. The summed E-state index contributed by atoms with van der Waals surface area (Å²) < 4.78 is 25.9. The zero-order chi connectivity index (χ0) is 16.1. The van der Waals surface area contributed by atoms with E-state index in [-0.39, 0.29) is 10.8 Å². The summed E-state index contributed by atoms with van der Waals surface area (Å²) in [6, 6.07) is 4.71. The summed E-state index contributed by atoms with van der Waals surface area (Å²) in [7, 11) is -1.58. The molecule has 0 bridgehead atoms. The molecule has 0 aromatic heterocycles. The standard InChI is InChI=1S/C13H15Br2N3O3S/c1-17-4-6-18(7-5-17)22(20,21)9-2-3-11-10(8-9)13(14,15)12(19)16-11/h2-3,8H,4-7H2,1H3,(H,16,19). The Morgan fingerprint density at radius 1 is 1.18 bits per heavy atom. The van der Waals surface area contributed by atoms with Crippen LogP contribution < -0.4 is 5.32 Å². The highest BCUT2D eigenvalue weighted by Crippen LogP contribution is 2.48. The Balaban J connectivity index is 1.97. The number of nitrogens with zero attached hydrogens (tertiary/aromatic N) is 2. The number of benzene rings is 1. The minimum atomic E-state index is -3.55. The number of sulfonamides is 1. The molecule has 22 heavy (non-hydrogen) atoms. The summed E-state index contributed by atoms with van der Waals surface area (Å²) in [5.74, 6) is -0.267. The average molecular weight is 453 g/mol. The van der Waals surface area contributed by atoms with Crippen molar-refractivity contribution in [2.75, 3.05) is 38.5 Å². The molecule has 0 radical (unpaired) electrons. The Hall–Kier alpha value is -0.480. The van der Waals surface area contributed by atoms with Crippen LogP contribution in [0.4, 0.5) is 5.69 Å². The van der Waals surface area contributed by atoms with Gasteiger partial charge >= 0.3 is 0 Å². The molecule has 1 amide bonds. The first-order chi connectivity index (χ1) is 10.2. The first-order valence-electron chi connectivity index (χ1n) is 6.75. The predicted octanol–water partition coefficient (Wildman–Crippen LogP) is 1.52. The lowest BCUT2D eigenvalue weighted by Crippen LogP contribution is -2.47. The predicted molar refractivity (Wildman–Crippen MR) is 90.9 cm³/mol. The fraction of sp³-hybridized carbons (Fsp3) is 0.462. The number of fused-ring (bicyclic) bond motifs is 1. The molecule has 2 aliphatic heterocycles. The van der Waals surface area contributed by atoms with Gasteiger partial charge in [-0.1, -0.05) is 31.9 Å². The van der Waals surface area contributed by atoms with Crippen molar-refractivity contribution in [3.8, 4) is 0 Å². The fourth-order valence-corrected chi connectivity index (χ4v) is 4.86. The molecule has 0 spiro atoms. The summed E-state index contributed by atoms with van der Waals surface area (Å²) in [4.78, 5) is 14.2. The van der Waals surface area contributed by atoms with Gasteiger partial charge in [0.05, 0.1) is 4.90 Å². The lowest BCUT2D eigenvalue weighted by atomic mass is 10.2. The van der Waals surface area contributed by atoms with Crippen LogP contribution in [-0.4, -0.2) is 56.8 Å². The van der Waals surface area contributed by atoms with Crippen LogP contribution in [0.25, 0.3) is 0 Å². The molecule has 1 saturated heterocycles. The van der Waals surface area contributed by atoms with Gasteiger partial charge < -0.3 is 10.2 Å². The Morgan fingerprint density at radius 2 is 1.82 bits per heavy atom. The van der Waals surface area contributed by atoms with E-state index in [1.165, 1.54) is 10.4 Å². The molecule has 3 rings (SSSR count). The van der Waals surface area contributed by atoms with Gasteiger partial charge in [0.2, 0.25) is 10.0 Å². The molecule has 0 atom stereocenters. The monoisotopic (exact) mass is 451 g/mol. The summed E-state index contributed by atoms with van der Waals surface area (Å²) in [6.45, 7) is 2.37. The lowest BCUT2D eigenvalue weighted by Gasteiger charge is -2.31. The third kappa shape index (κ3) is 2.62. The van der Waals surface area contributed by atoms with Crippen LogP contribution in [0.5, 0.6) is 0 Å². The molecule has 1 aromatic carbocycles. The van der Waals surface area contributed by atoms with Crippen molar-refractivity contribution in [3.05, 3.63) is 23.8 Å². The number of rotatable bonds is 2. The number of carbonyl (C=O) groups is 1. The highest BCUT2D eigenvalue weighted by molar-refractivity contribution is 9.25. The normalized spacial score (nSPS) is 22.4. The maximum Gasteiger partial charge on any atom is 0.256 e. The highest BCUT2D eigenvalue weighted by atomic mass is 79.9. The second-order valence-corrected chi connectivity index (χ2v) is 10.8. The van der Waals surface area contributed by atoms with Gasteiger partial charge in [-0.15, -0.1) is 0 Å². The van der Waals surface area contributed by atoms with Gasteiger partial charge in [0.25, 0.3) is 5.91 Å². The van der Waals surface area contributed by atoms with Crippen LogP contribution in [-0.2, 0) is 18.1 Å². The van der Waals surface area contributed by atoms with Gasteiger partial charge in [-0.2, -0.15) is 4.31 Å². The van der Waals surface area contributed by atoms with E-state index >= 15 is 0 Å². The van der Waals surface area contributed by atoms with Crippen molar-refractivity contribution < 1.29 is 13.2 Å². The van der Waals surface area contributed by atoms with E-state index in [9.17, 15) is 13.2 Å². The molecule has 0 saturated carbocycles. The topological polar surface area (TPSA) is 69.7 Å². The number of hydrogen-bond donors (Lipinski definition) is 1. The lowest BCUT2D eigenvalue weighted by molar-refractivity contribution is -0.115. The van der Waals surface area contributed by atoms with Gasteiger partial charge in [0, 0.05) is 37.4 Å². The smallest absolute Gasteiger partial charge is 0.256 e. The van der Waals surface area contributed by atoms with Gasteiger partial charge in [-0.3, -0.25) is 4.79 Å². The molecule has 1 N–H and O–H groups in total.